The van der Waals surface area contributed by atoms with Gasteiger partial charge in [0.05, 0.1) is 13.2 Å². The summed E-state index contributed by atoms with van der Waals surface area (Å²) in [5, 5.41) is 2.76. The summed E-state index contributed by atoms with van der Waals surface area (Å²) in [4.78, 5) is 17.6. The molecular weight excluding hydrogens is 476 g/mol. The summed E-state index contributed by atoms with van der Waals surface area (Å²) in [6.07, 6.45) is 2.54. The molecule has 7 nitrogen and oxygen atoms in total. The highest BCUT2D eigenvalue weighted by atomic mass is 16.5. The topological polar surface area (TPSA) is 80.1 Å². The molecule has 206 valence electrons. The minimum atomic E-state index is -0.124. The van der Waals surface area contributed by atoms with Crippen LogP contribution in [0.25, 0.3) is 11.1 Å². The van der Waals surface area contributed by atoms with Crippen molar-refractivity contribution in [2.45, 2.75) is 52.6 Å². The Balaban J connectivity index is 1.71. The van der Waals surface area contributed by atoms with Gasteiger partial charge in [0.2, 0.25) is 5.91 Å². The summed E-state index contributed by atoms with van der Waals surface area (Å²) in [6, 6.07) is 13.9. The van der Waals surface area contributed by atoms with Gasteiger partial charge in [0.15, 0.2) is 0 Å². The second-order valence-corrected chi connectivity index (χ2v) is 10.4. The van der Waals surface area contributed by atoms with E-state index in [1.54, 1.807) is 14.0 Å². The number of amides is 1. The largest absolute Gasteiger partial charge is 0.402 e. The van der Waals surface area contributed by atoms with E-state index in [-0.39, 0.29) is 5.91 Å². The minimum absolute atomic E-state index is 0.124. The van der Waals surface area contributed by atoms with Gasteiger partial charge in [-0.05, 0) is 67.5 Å². The number of nitrogens with two attached hydrogens (primary N) is 1. The van der Waals surface area contributed by atoms with E-state index >= 15 is 0 Å². The van der Waals surface area contributed by atoms with Crippen LogP contribution in [-0.2, 0) is 27.2 Å². The summed E-state index contributed by atoms with van der Waals surface area (Å²) in [5.41, 5.74) is 14.6. The van der Waals surface area contributed by atoms with Crippen LogP contribution in [0, 0.1) is 6.92 Å². The number of benzene rings is 2. The number of likely N-dealkylation sites (N-methyl/N-ethyl adjacent to an activating group) is 1. The summed E-state index contributed by atoms with van der Waals surface area (Å²) < 4.78 is 11.2. The predicted octanol–water partition coefficient (Wildman–Crippen LogP) is 4.02. The Labute approximate surface area is 228 Å². The van der Waals surface area contributed by atoms with Gasteiger partial charge in [-0.25, -0.2) is 0 Å². The molecule has 38 heavy (non-hydrogen) atoms. The third-order valence-electron chi connectivity index (χ3n) is 7.91. The van der Waals surface area contributed by atoms with Crippen LogP contribution in [0.15, 0.2) is 47.7 Å². The first-order valence-corrected chi connectivity index (χ1v) is 14.0. The Morgan fingerprint density at radius 3 is 2.32 bits per heavy atom. The smallest absolute Gasteiger partial charge is 0.249 e. The molecule has 2 aromatic rings. The number of ether oxygens (including phenoxy) is 2. The fourth-order valence-corrected chi connectivity index (χ4v) is 5.59. The lowest BCUT2D eigenvalue weighted by molar-refractivity contribution is -0.117. The maximum absolute atomic E-state index is 12.7. The van der Waals surface area contributed by atoms with E-state index in [9.17, 15) is 4.79 Å². The van der Waals surface area contributed by atoms with Gasteiger partial charge in [-0.2, -0.15) is 0 Å². The van der Waals surface area contributed by atoms with Gasteiger partial charge in [0.1, 0.15) is 0 Å². The van der Waals surface area contributed by atoms with Crippen LogP contribution in [0.3, 0.4) is 0 Å². The van der Waals surface area contributed by atoms with E-state index in [1.165, 1.54) is 22.4 Å². The molecule has 2 aromatic carbocycles. The third kappa shape index (κ3) is 6.76. The molecule has 2 heterocycles. The van der Waals surface area contributed by atoms with E-state index in [0.717, 1.165) is 76.6 Å². The van der Waals surface area contributed by atoms with Crippen molar-refractivity contribution in [2.24, 2.45) is 5.73 Å². The van der Waals surface area contributed by atoms with Crippen LogP contribution < -0.4 is 16.0 Å². The highest BCUT2D eigenvalue weighted by molar-refractivity contribution is 5.94. The molecule has 1 amide bonds. The van der Waals surface area contributed by atoms with Crippen LogP contribution in [0.1, 0.15) is 43.4 Å². The SMILES string of the molecule is CCN(c1cc(-c2ccc(CN3CCOCC3)cc2)cc(C/C(C(=O)NC)=C(\C)N)c1C)C1CCOCC1. The number of hydrogen-bond acceptors (Lipinski definition) is 6. The van der Waals surface area contributed by atoms with Crippen molar-refractivity contribution < 1.29 is 14.3 Å². The highest BCUT2D eigenvalue weighted by Gasteiger charge is 2.24. The van der Waals surface area contributed by atoms with Crippen molar-refractivity contribution in [3.05, 3.63) is 64.4 Å². The Morgan fingerprint density at radius 2 is 1.71 bits per heavy atom. The maximum atomic E-state index is 12.7. The zero-order valence-electron chi connectivity index (χ0n) is 23.5. The molecule has 4 rings (SSSR count). The second kappa shape index (κ2) is 13.3. The van der Waals surface area contributed by atoms with Crippen LogP contribution in [0.5, 0.6) is 0 Å². The molecule has 0 spiro atoms. The van der Waals surface area contributed by atoms with Gasteiger partial charge in [0.25, 0.3) is 0 Å². The van der Waals surface area contributed by atoms with E-state index in [1.807, 2.05) is 0 Å². The average Bonchev–Trinajstić information content (AvgIpc) is 2.94. The van der Waals surface area contributed by atoms with E-state index in [0.29, 0.717) is 23.7 Å². The average molecular weight is 521 g/mol. The first-order chi connectivity index (χ1) is 18.4. The van der Waals surface area contributed by atoms with Crippen molar-refractivity contribution in [3.8, 4) is 11.1 Å². The lowest BCUT2D eigenvalue weighted by Gasteiger charge is -2.37. The molecule has 0 radical (unpaired) electrons. The van der Waals surface area contributed by atoms with Gasteiger partial charge in [-0.15, -0.1) is 0 Å². The highest BCUT2D eigenvalue weighted by Crippen LogP contribution is 2.35. The molecule has 0 aromatic heterocycles. The number of rotatable bonds is 9. The molecule has 7 heteroatoms. The third-order valence-corrected chi connectivity index (χ3v) is 7.91. The molecule has 2 saturated heterocycles. The molecule has 3 N–H and O–H groups in total. The number of hydrogen-bond donors (Lipinski definition) is 2. The molecule has 0 bridgehead atoms. The van der Waals surface area contributed by atoms with Crippen molar-refractivity contribution >= 4 is 11.6 Å². The summed E-state index contributed by atoms with van der Waals surface area (Å²) in [6.45, 7) is 13.2. The summed E-state index contributed by atoms with van der Waals surface area (Å²) in [7, 11) is 1.66. The predicted molar refractivity (Wildman–Crippen MR) is 154 cm³/mol. The summed E-state index contributed by atoms with van der Waals surface area (Å²) in [5.74, 6) is -0.124. The fraction of sp³-hybridized carbons (Fsp3) is 0.516. The lowest BCUT2D eigenvalue weighted by Crippen LogP contribution is -2.40. The summed E-state index contributed by atoms with van der Waals surface area (Å²) >= 11 is 0. The zero-order chi connectivity index (χ0) is 27.1. The molecule has 0 unspecified atom stereocenters. The molecule has 2 fully saturated rings. The minimum Gasteiger partial charge on any atom is -0.402 e. The number of carbonyl (C=O) groups is 1. The Morgan fingerprint density at radius 1 is 1.05 bits per heavy atom. The van der Waals surface area contributed by atoms with Crippen molar-refractivity contribution in [2.75, 3.05) is 58.0 Å². The Hall–Kier alpha value is -2.87. The number of anilines is 1. The van der Waals surface area contributed by atoms with Gasteiger partial charge in [0, 0.05) is 75.9 Å². The lowest BCUT2D eigenvalue weighted by atomic mass is 9.91. The molecule has 2 aliphatic rings. The number of allylic oxidation sites excluding steroid dienone is 1. The number of nitrogens with one attached hydrogen (secondary N) is 1. The molecule has 0 saturated carbocycles. The maximum Gasteiger partial charge on any atom is 0.249 e. The number of carbonyl (C=O) groups excluding carboxylic acids is 1. The monoisotopic (exact) mass is 520 g/mol. The number of morpholine rings is 1. The van der Waals surface area contributed by atoms with E-state index < -0.39 is 0 Å². The van der Waals surface area contributed by atoms with Gasteiger partial charge in [-0.1, -0.05) is 30.3 Å². The molecule has 2 aliphatic heterocycles. The fourth-order valence-electron chi connectivity index (χ4n) is 5.59. The standard InChI is InChI=1S/C31H44N4O3/c1-5-35(28-10-14-37-15-11-28)30-20-27(18-26(22(30)2)19-29(23(3)32)31(36)33-4)25-8-6-24(7-9-25)21-34-12-16-38-17-13-34/h6-9,18,20,28H,5,10-17,19,21,32H2,1-4H3,(H,33,36)/b29-23-. The first kappa shape index (κ1) is 28.1. The van der Waals surface area contributed by atoms with Gasteiger partial charge >= 0.3 is 0 Å². The van der Waals surface area contributed by atoms with Gasteiger partial charge in [-0.3, -0.25) is 9.69 Å². The van der Waals surface area contributed by atoms with Crippen molar-refractivity contribution in [1.29, 1.82) is 0 Å². The quantitative estimate of drug-likeness (QED) is 0.486. The van der Waals surface area contributed by atoms with Crippen molar-refractivity contribution in [3.63, 3.8) is 0 Å². The Bertz CT molecular complexity index is 1110. The first-order valence-electron chi connectivity index (χ1n) is 14.0. The van der Waals surface area contributed by atoms with Crippen molar-refractivity contribution in [1.82, 2.24) is 10.2 Å². The van der Waals surface area contributed by atoms with Crippen LogP contribution in [0.4, 0.5) is 5.69 Å². The molecule has 0 aliphatic carbocycles. The van der Waals surface area contributed by atoms with Gasteiger partial charge < -0.3 is 25.4 Å². The Kier molecular flexibility index (Phi) is 9.83. The van der Waals surface area contributed by atoms with E-state index in [2.05, 4.69) is 65.4 Å². The normalized spacial score (nSPS) is 17.7. The van der Waals surface area contributed by atoms with E-state index in [4.69, 9.17) is 15.2 Å². The number of nitrogens with zero attached hydrogens (tertiary/aromatic N) is 2. The van der Waals surface area contributed by atoms with Crippen LogP contribution in [-0.4, -0.2) is 70.0 Å². The van der Waals surface area contributed by atoms with Crippen LogP contribution in [0.2, 0.25) is 0 Å². The second-order valence-electron chi connectivity index (χ2n) is 10.4. The molecule has 0 atom stereocenters. The zero-order valence-corrected chi connectivity index (χ0v) is 23.5. The molecular formula is C31H44N4O3. The van der Waals surface area contributed by atoms with Crippen LogP contribution >= 0.6 is 0 Å².